The minimum absolute atomic E-state index is 0.0457. The van der Waals surface area contributed by atoms with E-state index in [0.717, 1.165) is 11.3 Å². The quantitative estimate of drug-likeness (QED) is 0.724. The molecule has 0 fully saturated rings. The number of benzene rings is 1. The topological polar surface area (TPSA) is 54.7 Å². The smallest absolute Gasteiger partial charge is 0.263 e. The predicted molar refractivity (Wildman–Crippen MR) is 90.7 cm³/mol. The van der Waals surface area contributed by atoms with Gasteiger partial charge in [0.05, 0.1) is 24.2 Å². The molecule has 2 aromatic heterocycles. The van der Waals surface area contributed by atoms with Crippen LogP contribution in [-0.4, -0.2) is 26.7 Å². The minimum Gasteiger partial charge on any atom is -0.337 e. The summed E-state index contributed by atoms with van der Waals surface area (Å²) in [5.74, 6) is 0.0457. The Morgan fingerprint density at radius 2 is 1.88 bits per heavy atom. The van der Waals surface area contributed by atoms with E-state index in [9.17, 15) is 9.59 Å². The summed E-state index contributed by atoms with van der Waals surface area (Å²) in [4.78, 5) is 31.6. The van der Waals surface area contributed by atoms with Crippen LogP contribution in [0.5, 0.6) is 0 Å². The molecule has 0 radical (unpaired) electrons. The van der Waals surface area contributed by atoms with E-state index in [1.807, 2.05) is 48.5 Å². The fraction of sp³-hybridized carbons (Fsp3) is 0.211. The van der Waals surface area contributed by atoms with Crippen LogP contribution >= 0.6 is 0 Å². The van der Waals surface area contributed by atoms with Crippen molar-refractivity contribution >= 4 is 11.6 Å². The van der Waals surface area contributed by atoms with E-state index >= 15 is 0 Å². The molecule has 0 bridgehead atoms. The van der Waals surface area contributed by atoms with Gasteiger partial charge in [-0.3, -0.25) is 14.0 Å². The molecule has 0 unspecified atom stereocenters. The van der Waals surface area contributed by atoms with Crippen LogP contribution in [0.15, 0.2) is 59.5 Å². The first kappa shape index (κ1) is 14.6. The standard InChI is InChI=1S/C19H17N3O2/c23-18(12-14-6-2-1-3-7-14)21-11-9-16-15(13-21)19(24)22-10-5-4-8-17(22)20-16/h1-8,10H,9,11-13H2. The Kier molecular flexibility index (Phi) is 3.61. The summed E-state index contributed by atoms with van der Waals surface area (Å²) in [6.07, 6.45) is 2.70. The van der Waals surface area contributed by atoms with E-state index in [1.165, 1.54) is 0 Å². The second-order valence-corrected chi connectivity index (χ2v) is 6.00. The highest BCUT2D eigenvalue weighted by Gasteiger charge is 2.24. The molecule has 1 amide bonds. The SMILES string of the molecule is O=C(Cc1ccccc1)N1CCc2nc3ccccn3c(=O)c2C1. The molecule has 3 aromatic rings. The van der Waals surface area contributed by atoms with Crippen molar-refractivity contribution in [1.29, 1.82) is 0 Å². The lowest BCUT2D eigenvalue weighted by Crippen LogP contribution is -2.40. The van der Waals surface area contributed by atoms with Crippen LogP contribution < -0.4 is 5.56 Å². The maximum atomic E-state index is 12.7. The third kappa shape index (κ3) is 2.58. The Morgan fingerprint density at radius 3 is 2.71 bits per heavy atom. The van der Waals surface area contributed by atoms with Gasteiger partial charge in [0.1, 0.15) is 5.65 Å². The maximum absolute atomic E-state index is 12.7. The fourth-order valence-electron chi connectivity index (χ4n) is 3.14. The van der Waals surface area contributed by atoms with Gasteiger partial charge in [0.25, 0.3) is 5.56 Å². The van der Waals surface area contributed by atoms with Crippen LogP contribution in [0, 0.1) is 0 Å². The summed E-state index contributed by atoms with van der Waals surface area (Å²) in [7, 11) is 0. The molecule has 0 N–H and O–H groups in total. The van der Waals surface area contributed by atoms with Crippen LogP contribution in [0.4, 0.5) is 0 Å². The number of hydrogen-bond donors (Lipinski definition) is 0. The van der Waals surface area contributed by atoms with E-state index in [0.29, 0.717) is 37.1 Å². The van der Waals surface area contributed by atoms with Gasteiger partial charge in [-0.05, 0) is 17.7 Å². The zero-order valence-corrected chi connectivity index (χ0v) is 13.2. The van der Waals surface area contributed by atoms with Crippen molar-refractivity contribution in [2.75, 3.05) is 6.54 Å². The number of pyridine rings is 1. The molecular weight excluding hydrogens is 302 g/mol. The van der Waals surface area contributed by atoms with Gasteiger partial charge in [0.15, 0.2) is 0 Å². The maximum Gasteiger partial charge on any atom is 0.263 e. The number of carbonyl (C=O) groups is 1. The molecule has 1 aliphatic heterocycles. The monoisotopic (exact) mass is 319 g/mol. The summed E-state index contributed by atoms with van der Waals surface area (Å²) >= 11 is 0. The zero-order valence-electron chi connectivity index (χ0n) is 13.2. The third-order valence-corrected chi connectivity index (χ3v) is 4.43. The molecule has 1 aliphatic rings. The Morgan fingerprint density at radius 1 is 1.08 bits per heavy atom. The van der Waals surface area contributed by atoms with Crippen molar-refractivity contribution in [2.24, 2.45) is 0 Å². The Labute approximate surface area is 139 Å². The van der Waals surface area contributed by atoms with Crippen molar-refractivity contribution in [2.45, 2.75) is 19.4 Å². The second kappa shape index (κ2) is 5.92. The summed E-state index contributed by atoms with van der Waals surface area (Å²) in [5, 5.41) is 0. The first-order chi connectivity index (χ1) is 11.7. The summed E-state index contributed by atoms with van der Waals surface area (Å²) in [5.41, 5.74) is 3.01. The highest BCUT2D eigenvalue weighted by atomic mass is 16.2. The molecule has 5 nitrogen and oxygen atoms in total. The Hall–Kier alpha value is -2.95. The molecule has 5 heteroatoms. The molecule has 120 valence electrons. The van der Waals surface area contributed by atoms with E-state index in [1.54, 1.807) is 15.5 Å². The van der Waals surface area contributed by atoms with Crippen molar-refractivity contribution in [3.8, 4) is 0 Å². The highest BCUT2D eigenvalue weighted by Crippen LogP contribution is 2.16. The molecule has 0 saturated carbocycles. The normalized spacial score (nSPS) is 13.8. The Balaban J connectivity index is 1.62. The van der Waals surface area contributed by atoms with Gasteiger partial charge in [0.2, 0.25) is 5.91 Å². The molecule has 0 atom stereocenters. The number of aromatic nitrogens is 2. The lowest BCUT2D eigenvalue weighted by atomic mass is 10.1. The van der Waals surface area contributed by atoms with E-state index in [-0.39, 0.29) is 11.5 Å². The van der Waals surface area contributed by atoms with Crippen molar-refractivity contribution in [1.82, 2.24) is 14.3 Å². The molecule has 0 spiro atoms. The van der Waals surface area contributed by atoms with Crippen molar-refractivity contribution < 1.29 is 4.79 Å². The largest absolute Gasteiger partial charge is 0.337 e. The van der Waals surface area contributed by atoms with Gasteiger partial charge >= 0.3 is 0 Å². The molecule has 3 heterocycles. The van der Waals surface area contributed by atoms with Gasteiger partial charge in [-0.15, -0.1) is 0 Å². The molecule has 4 rings (SSSR count). The van der Waals surface area contributed by atoms with E-state index in [2.05, 4.69) is 4.98 Å². The summed E-state index contributed by atoms with van der Waals surface area (Å²) < 4.78 is 1.55. The van der Waals surface area contributed by atoms with Gasteiger partial charge in [-0.1, -0.05) is 36.4 Å². The summed E-state index contributed by atoms with van der Waals surface area (Å²) in [6.45, 7) is 0.943. The average molecular weight is 319 g/mol. The number of hydrogen-bond acceptors (Lipinski definition) is 3. The number of fused-ring (bicyclic) bond motifs is 2. The number of amides is 1. The third-order valence-electron chi connectivity index (χ3n) is 4.43. The van der Waals surface area contributed by atoms with E-state index < -0.39 is 0 Å². The average Bonchev–Trinajstić information content (AvgIpc) is 2.62. The van der Waals surface area contributed by atoms with Crippen LogP contribution in [0.1, 0.15) is 16.8 Å². The zero-order chi connectivity index (χ0) is 16.5. The Bertz CT molecular complexity index is 963. The fourth-order valence-corrected chi connectivity index (χ4v) is 3.14. The number of nitrogens with zero attached hydrogens (tertiary/aromatic N) is 3. The molecule has 0 aliphatic carbocycles. The first-order valence-corrected chi connectivity index (χ1v) is 8.03. The van der Waals surface area contributed by atoms with Crippen LogP contribution in [0.25, 0.3) is 5.65 Å². The van der Waals surface area contributed by atoms with Gasteiger partial charge < -0.3 is 4.90 Å². The van der Waals surface area contributed by atoms with Crippen LogP contribution in [0.3, 0.4) is 0 Å². The van der Waals surface area contributed by atoms with Crippen LogP contribution in [-0.2, 0) is 24.2 Å². The number of carbonyl (C=O) groups excluding carboxylic acids is 1. The molecule has 24 heavy (non-hydrogen) atoms. The minimum atomic E-state index is -0.0761. The first-order valence-electron chi connectivity index (χ1n) is 8.03. The summed E-state index contributed by atoms with van der Waals surface area (Å²) in [6, 6.07) is 15.2. The van der Waals surface area contributed by atoms with Crippen molar-refractivity contribution in [3.05, 3.63) is 81.9 Å². The van der Waals surface area contributed by atoms with Crippen molar-refractivity contribution in [3.63, 3.8) is 0 Å². The number of rotatable bonds is 2. The van der Waals surface area contributed by atoms with E-state index in [4.69, 9.17) is 0 Å². The second-order valence-electron chi connectivity index (χ2n) is 6.00. The lowest BCUT2D eigenvalue weighted by Gasteiger charge is -2.28. The molecular formula is C19H17N3O2. The molecule has 1 aromatic carbocycles. The predicted octanol–water partition coefficient (Wildman–Crippen LogP) is 1.82. The van der Waals surface area contributed by atoms with Gasteiger partial charge in [0, 0.05) is 19.2 Å². The lowest BCUT2D eigenvalue weighted by molar-refractivity contribution is -0.131. The van der Waals surface area contributed by atoms with Gasteiger partial charge in [-0.2, -0.15) is 0 Å². The highest BCUT2D eigenvalue weighted by molar-refractivity contribution is 5.79. The molecule has 0 saturated heterocycles. The van der Waals surface area contributed by atoms with Gasteiger partial charge in [-0.25, -0.2) is 4.98 Å². The van der Waals surface area contributed by atoms with Crippen LogP contribution in [0.2, 0.25) is 0 Å².